The van der Waals surface area contributed by atoms with Gasteiger partial charge in [-0.15, -0.1) is 0 Å². The lowest BCUT2D eigenvalue weighted by molar-refractivity contribution is -0.122. The third kappa shape index (κ3) is 5.03. The van der Waals surface area contributed by atoms with Gasteiger partial charge in [-0.05, 0) is 31.2 Å². The number of amides is 3. The Balaban J connectivity index is 1.80. The van der Waals surface area contributed by atoms with Gasteiger partial charge in [0.2, 0.25) is 0 Å². The van der Waals surface area contributed by atoms with Gasteiger partial charge in [-0.1, -0.05) is 12.1 Å². The van der Waals surface area contributed by atoms with Gasteiger partial charge < -0.3 is 16.0 Å². The van der Waals surface area contributed by atoms with Crippen LogP contribution in [0.5, 0.6) is 0 Å². The standard InChI is InChI=1S/C19H18F3N5O2/c1-2-23-17(28)13-6-7-27-15(10-24-16(27)9-13)12-4-3-5-14(8-12)26-18(29)25-11-19(20,21)22/h3-10H,2,11H2,1H3,(H,23,28)(H2,25,26,29). The summed E-state index contributed by atoms with van der Waals surface area (Å²) in [6.45, 7) is 0.925. The molecule has 0 aliphatic heterocycles. The highest BCUT2D eigenvalue weighted by atomic mass is 19.4. The summed E-state index contributed by atoms with van der Waals surface area (Å²) >= 11 is 0. The van der Waals surface area contributed by atoms with E-state index in [1.54, 1.807) is 58.5 Å². The fourth-order valence-corrected chi connectivity index (χ4v) is 2.71. The molecular formula is C19H18F3N5O2. The van der Waals surface area contributed by atoms with Gasteiger partial charge in [0.25, 0.3) is 5.91 Å². The van der Waals surface area contributed by atoms with Crippen LogP contribution in [0, 0.1) is 0 Å². The van der Waals surface area contributed by atoms with Crippen LogP contribution < -0.4 is 16.0 Å². The number of aromatic nitrogens is 2. The minimum atomic E-state index is -4.48. The number of halogens is 3. The predicted octanol–water partition coefficient (Wildman–Crippen LogP) is 3.43. The summed E-state index contributed by atoms with van der Waals surface area (Å²) in [6.07, 6.45) is -1.17. The summed E-state index contributed by atoms with van der Waals surface area (Å²) in [5.41, 5.74) is 2.76. The average Bonchev–Trinajstić information content (AvgIpc) is 3.09. The number of rotatable bonds is 5. The molecule has 2 heterocycles. The van der Waals surface area contributed by atoms with Gasteiger partial charge in [-0.2, -0.15) is 13.2 Å². The van der Waals surface area contributed by atoms with Gasteiger partial charge >= 0.3 is 12.2 Å². The minimum absolute atomic E-state index is 0.199. The lowest BCUT2D eigenvalue weighted by atomic mass is 10.1. The highest BCUT2D eigenvalue weighted by molar-refractivity contribution is 5.95. The second-order valence-corrected chi connectivity index (χ2v) is 6.15. The van der Waals surface area contributed by atoms with Crippen LogP contribution in [0.3, 0.4) is 0 Å². The van der Waals surface area contributed by atoms with E-state index in [4.69, 9.17) is 0 Å². The number of carbonyl (C=O) groups excluding carboxylic acids is 2. The summed E-state index contributed by atoms with van der Waals surface area (Å²) in [4.78, 5) is 27.9. The smallest absolute Gasteiger partial charge is 0.352 e. The molecule has 29 heavy (non-hydrogen) atoms. The third-order valence-electron chi connectivity index (χ3n) is 3.98. The zero-order valence-corrected chi connectivity index (χ0v) is 15.4. The van der Waals surface area contributed by atoms with Crippen LogP contribution in [0.25, 0.3) is 16.9 Å². The van der Waals surface area contributed by atoms with E-state index < -0.39 is 18.8 Å². The number of hydrogen-bond acceptors (Lipinski definition) is 3. The maximum atomic E-state index is 12.2. The van der Waals surface area contributed by atoms with Gasteiger partial charge in [0, 0.05) is 29.6 Å². The highest BCUT2D eigenvalue weighted by Crippen LogP contribution is 2.24. The predicted molar refractivity (Wildman–Crippen MR) is 102 cm³/mol. The van der Waals surface area contributed by atoms with Crippen LogP contribution >= 0.6 is 0 Å². The number of nitrogens with one attached hydrogen (secondary N) is 3. The number of hydrogen-bond donors (Lipinski definition) is 3. The second kappa shape index (κ2) is 8.21. The normalized spacial score (nSPS) is 11.3. The number of nitrogens with zero attached hydrogens (tertiary/aromatic N) is 2. The molecule has 0 aliphatic carbocycles. The Morgan fingerprint density at radius 3 is 2.66 bits per heavy atom. The molecule has 152 valence electrons. The molecule has 0 bridgehead atoms. The fourth-order valence-electron chi connectivity index (χ4n) is 2.71. The van der Waals surface area contributed by atoms with Crippen LogP contribution in [0.2, 0.25) is 0 Å². The minimum Gasteiger partial charge on any atom is -0.352 e. The molecule has 0 unspecified atom stereocenters. The van der Waals surface area contributed by atoms with Gasteiger partial charge in [0.15, 0.2) is 0 Å². The molecule has 0 aliphatic rings. The number of pyridine rings is 1. The van der Waals surface area contributed by atoms with Crippen LogP contribution in [-0.4, -0.2) is 40.6 Å². The number of anilines is 1. The molecule has 2 aromatic heterocycles. The van der Waals surface area contributed by atoms with Crippen molar-refractivity contribution >= 4 is 23.3 Å². The molecule has 0 spiro atoms. The van der Waals surface area contributed by atoms with Crippen molar-refractivity contribution in [2.75, 3.05) is 18.4 Å². The number of benzene rings is 1. The number of alkyl halides is 3. The van der Waals surface area contributed by atoms with Crippen molar-refractivity contribution in [1.82, 2.24) is 20.0 Å². The maximum absolute atomic E-state index is 12.2. The molecule has 0 saturated carbocycles. The molecule has 0 saturated heterocycles. The van der Waals surface area contributed by atoms with Gasteiger partial charge in [-0.25, -0.2) is 9.78 Å². The first-order valence-corrected chi connectivity index (χ1v) is 8.74. The molecule has 0 radical (unpaired) electrons. The quantitative estimate of drug-likeness (QED) is 0.608. The van der Waals surface area contributed by atoms with Crippen molar-refractivity contribution in [3.8, 4) is 11.3 Å². The molecule has 1 aromatic carbocycles. The molecule has 7 nitrogen and oxygen atoms in total. The SMILES string of the molecule is CCNC(=O)c1ccn2c(-c3cccc(NC(=O)NCC(F)(F)F)c3)cnc2c1. The summed E-state index contributed by atoms with van der Waals surface area (Å²) < 4.78 is 38.4. The number of carbonyl (C=O) groups is 2. The molecule has 3 N–H and O–H groups in total. The zero-order chi connectivity index (χ0) is 21.0. The number of fused-ring (bicyclic) bond motifs is 1. The van der Waals surface area contributed by atoms with Crippen molar-refractivity contribution in [2.24, 2.45) is 0 Å². The van der Waals surface area contributed by atoms with E-state index in [9.17, 15) is 22.8 Å². The van der Waals surface area contributed by atoms with Crippen LogP contribution in [0.4, 0.5) is 23.7 Å². The van der Waals surface area contributed by atoms with Gasteiger partial charge in [0.1, 0.15) is 12.2 Å². The Hall–Kier alpha value is -3.56. The summed E-state index contributed by atoms with van der Waals surface area (Å²) in [5.74, 6) is -0.199. The van der Waals surface area contributed by atoms with Crippen molar-refractivity contribution in [2.45, 2.75) is 13.1 Å². The Morgan fingerprint density at radius 1 is 1.14 bits per heavy atom. The Kier molecular flexibility index (Phi) is 5.71. The zero-order valence-electron chi connectivity index (χ0n) is 15.4. The van der Waals surface area contributed by atoms with E-state index in [1.807, 2.05) is 6.92 Å². The van der Waals surface area contributed by atoms with E-state index in [2.05, 4.69) is 15.6 Å². The van der Waals surface area contributed by atoms with Crippen molar-refractivity contribution in [1.29, 1.82) is 0 Å². The third-order valence-corrected chi connectivity index (χ3v) is 3.98. The van der Waals surface area contributed by atoms with Crippen molar-refractivity contribution < 1.29 is 22.8 Å². The summed E-state index contributed by atoms with van der Waals surface area (Å²) in [7, 11) is 0. The first kappa shape index (κ1) is 20.2. The van der Waals surface area contributed by atoms with E-state index in [-0.39, 0.29) is 5.91 Å². The van der Waals surface area contributed by atoms with Gasteiger partial charge in [-0.3, -0.25) is 9.20 Å². The fraction of sp³-hybridized carbons (Fsp3) is 0.211. The van der Waals surface area contributed by atoms with E-state index in [0.29, 0.717) is 34.7 Å². The Labute approximate surface area is 163 Å². The summed E-state index contributed by atoms with van der Waals surface area (Å²) in [5, 5.41) is 6.84. The second-order valence-electron chi connectivity index (χ2n) is 6.15. The molecule has 0 atom stereocenters. The van der Waals surface area contributed by atoms with Crippen LogP contribution in [-0.2, 0) is 0 Å². The lowest BCUT2D eigenvalue weighted by Crippen LogP contribution is -2.36. The van der Waals surface area contributed by atoms with Crippen LogP contribution in [0.1, 0.15) is 17.3 Å². The lowest BCUT2D eigenvalue weighted by Gasteiger charge is -2.11. The van der Waals surface area contributed by atoms with Crippen molar-refractivity contribution in [3.05, 3.63) is 54.4 Å². The molecule has 3 rings (SSSR count). The molecular weight excluding hydrogens is 387 g/mol. The first-order chi connectivity index (χ1) is 13.8. The van der Waals surface area contributed by atoms with E-state index in [1.165, 1.54) is 0 Å². The van der Waals surface area contributed by atoms with Gasteiger partial charge in [0.05, 0.1) is 11.9 Å². The molecule has 3 aromatic rings. The Bertz CT molecular complexity index is 1050. The van der Waals surface area contributed by atoms with E-state index >= 15 is 0 Å². The Morgan fingerprint density at radius 2 is 1.93 bits per heavy atom. The average molecular weight is 405 g/mol. The topological polar surface area (TPSA) is 87.5 Å². The maximum Gasteiger partial charge on any atom is 0.405 e. The van der Waals surface area contributed by atoms with Crippen molar-refractivity contribution in [3.63, 3.8) is 0 Å². The molecule has 3 amide bonds. The largest absolute Gasteiger partial charge is 0.405 e. The molecule has 0 fully saturated rings. The first-order valence-electron chi connectivity index (χ1n) is 8.74. The van der Waals surface area contributed by atoms with Crippen LogP contribution in [0.15, 0.2) is 48.8 Å². The molecule has 10 heteroatoms. The number of imidazole rings is 1. The highest BCUT2D eigenvalue weighted by Gasteiger charge is 2.27. The monoisotopic (exact) mass is 405 g/mol. The van der Waals surface area contributed by atoms with E-state index in [0.717, 1.165) is 0 Å². The summed E-state index contributed by atoms with van der Waals surface area (Å²) in [6, 6.07) is 8.99. The number of urea groups is 1.